The van der Waals surface area contributed by atoms with Crippen LogP contribution in [0.2, 0.25) is 0 Å². The first-order chi connectivity index (χ1) is 6.62. The molecule has 0 aromatic carbocycles. The second-order valence-corrected chi connectivity index (χ2v) is 4.44. The molecule has 1 amide bonds. The zero-order valence-corrected chi connectivity index (χ0v) is 9.18. The molecule has 3 nitrogen and oxygen atoms in total. The van der Waals surface area contributed by atoms with Crippen LogP contribution in [0.3, 0.4) is 0 Å². The Bertz CT molecular complexity index is 195. The zero-order chi connectivity index (χ0) is 10.6. The van der Waals surface area contributed by atoms with Crippen LogP contribution in [0.15, 0.2) is 0 Å². The Morgan fingerprint density at radius 3 is 2.43 bits per heavy atom. The molecule has 0 aliphatic heterocycles. The maximum atomic E-state index is 11.1. The molecular weight excluding hydrogens is 178 g/mol. The predicted molar refractivity (Wildman–Crippen MR) is 55.9 cm³/mol. The zero-order valence-electron chi connectivity index (χ0n) is 9.18. The quantitative estimate of drug-likeness (QED) is 0.723. The summed E-state index contributed by atoms with van der Waals surface area (Å²) in [6.45, 7) is 3.99. The van der Waals surface area contributed by atoms with Crippen LogP contribution in [0.25, 0.3) is 0 Å². The van der Waals surface area contributed by atoms with Gasteiger partial charge in [-0.15, -0.1) is 0 Å². The van der Waals surface area contributed by atoms with Gasteiger partial charge in [0, 0.05) is 19.1 Å². The van der Waals surface area contributed by atoms with Crippen molar-refractivity contribution >= 4 is 5.91 Å². The highest BCUT2D eigenvalue weighted by Gasteiger charge is 2.33. The van der Waals surface area contributed by atoms with Crippen LogP contribution in [0, 0.1) is 5.92 Å². The first kappa shape index (κ1) is 11.5. The van der Waals surface area contributed by atoms with Gasteiger partial charge < -0.3 is 10.4 Å². The number of aliphatic hydroxyl groups excluding tert-OH is 1. The van der Waals surface area contributed by atoms with Crippen LogP contribution < -0.4 is 5.32 Å². The molecule has 0 aromatic heterocycles. The van der Waals surface area contributed by atoms with Crippen molar-refractivity contribution in [3.05, 3.63) is 0 Å². The van der Waals surface area contributed by atoms with E-state index < -0.39 is 0 Å². The van der Waals surface area contributed by atoms with Crippen LogP contribution >= 0.6 is 0 Å². The Morgan fingerprint density at radius 2 is 2.07 bits per heavy atom. The average Bonchev–Trinajstić information content (AvgIpc) is 2.18. The van der Waals surface area contributed by atoms with Gasteiger partial charge in [-0.1, -0.05) is 6.92 Å². The SMILES string of the molecule is CCC1(NC(C)=O)CCC(CO)CC1. The van der Waals surface area contributed by atoms with E-state index in [1.54, 1.807) is 6.92 Å². The molecule has 0 unspecified atom stereocenters. The van der Waals surface area contributed by atoms with Gasteiger partial charge in [0.25, 0.3) is 0 Å². The monoisotopic (exact) mass is 199 g/mol. The minimum atomic E-state index is 0.0114. The predicted octanol–water partition coefficient (Wildman–Crippen LogP) is 1.45. The molecule has 1 saturated carbocycles. The van der Waals surface area contributed by atoms with Gasteiger partial charge in [-0.05, 0) is 38.0 Å². The summed E-state index contributed by atoms with van der Waals surface area (Å²) in [6, 6.07) is 0. The van der Waals surface area contributed by atoms with Gasteiger partial charge in [-0.3, -0.25) is 4.79 Å². The molecule has 14 heavy (non-hydrogen) atoms. The van der Waals surface area contributed by atoms with Crippen molar-refractivity contribution in [3.8, 4) is 0 Å². The Labute approximate surface area is 85.9 Å². The minimum absolute atomic E-state index is 0.0114. The molecule has 2 N–H and O–H groups in total. The normalized spacial score (nSPS) is 32.6. The second kappa shape index (κ2) is 4.78. The van der Waals surface area contributed by atoms with Gasteiger partial charge in [-0.25, -0.2) is 0 Å². The third-order valence-corrected chi connectivity index (χ3v) is 3.44. The van der Waals surface area contributed by atoms with Gasteiger partial charge in [0.15, 0.2) is 0 Å². The van der Waals surface area contributed by atoms with Crippen molar-refractivity contribution in [2.75, 3.05) is 6.61 Å². The first-order valence-corrected chi connectivity index (χ1v) is 5.51. The van der Waals surface area contributed by atoms with E-state index in [9.17, 15) is 4.79 Å². The minimum Gasteiger partial charge on any atom is -0.396 e. The van der Waals surface area contributed by atoms with Crippen LogP contribution in [0.5, 0.6) is 0 Å². The number of hydrogen-bond acceptors (Lipinski definition) is 2. The fourth-order valence-corrected chi connectivity index (χ4v) is 2.35. The number of carbonyl (C=O) groups is 1. The average molecular weight is 199 g/mol. The maximum Gasteiger partial charge on any atom is 0.217 e. The number of rotatable bonds is 3. The molecule has 0 atom stereocenters. The van der Waals surface area contributed by atoms with Crippen molar-refractivity contribution in [3.63, 3.8) is 0 Å². The highest BCUT2D eigenvalue weighted by Crippen LogP contribution is 2.34. The van der Waals surface area contributed by atoms with Crippen LogP contribution in [0.4, 0.5) is 0 Å². The second-order valence-electron chi connectivity index (χ2n) is 4.44. The third-order valence-electron chi connectivity index (χ3n) is 3.44. The van der Waals surface area contributed by atoms with E-state index in [1.165, 1.54) is 0 Å². The lowest BCUT2D eigenvalue weighted by Crippen LogP contribution is -2.49. The Morgan fingerprint density at radius 1 is 1.50 bits per heavy atom. The highest BCUT2D eigenvalue weighted by atomic mass is 16.3. The molecule has 0 bridgehead atoms. The fraction of sp³-hybridized carbons (Fsp3) is 0.909. The lowest BCUT2D eigenvalue weighted by atomic mass is 9.75. The van der Waals surface area contributed by atoms with E-state index in [4.69, 9.17) is 5.11 Å². The molecule has 0 heterocycles. The fourth-order valence-electron chi connectivity index (χ4n) is 2.35. The topological polar surface area (TPSA) is 49.3 Å². The van der Waals surface area contributed by atoms with Gasteiger partial charge in [0.1, 0.15) is 0 Å². The summed E-state index contributed by atoms with van der Waals surface area (Å²) in [5.41, 5.74) is 0.0114. The van der Waals surface area contributed by atoms with E-state index in [1.807, 2.05) is 0 Å². The third kappa shape index (κ3) is 2.71. The summed E-state index contributed by atoms with van der Waals surface area (Å²) in [7, 11) is 0. The Hall–Kier alpha value is -0.570. The molecule has 1 fully saturated rings. The summed E-state index contributed by atoms with van der Waals surface area (Å²) in [5, 5.41) is 12.1. The van der Waals surface area contributed by atoms with Crippen molar-refractivity contribution in [2.24, 2.45) is 5.92 Å². The van der Waals surface area contributed by atoms with Gasteiger partial charge >= 0.3 is 0 Å². The number of nitrogens with one attached hydrogen (secondary N) is 1. The largest absolute Gasteiger partial charge is 0.396 e. The van der Waals surface area contributed by atoms with Crippen LogP contribution in [-0.2, 0) is 4.79 Å². The maximum absolute atomic E-state index is 11.1. The number of carbonyl (C=O) groups excluding carboxylic acids is 1. The molecule has 1 aliphatic rings. The van der Waals surface area contributed by atoms with Crippen LogP contribution in [-0.4, -0.2) is 23.2 Å². The number of amides is 1. The molecule has 82 valence electrons. The lowest BCUT2D eigenvalue weighted by molar-refractivity contribution is -0.121. The van der Waals surface area contributed by atoms with E-state index in [0.29, 0.717) is 12.5 Å². The summed E-state index contributed by atoms with van der Waals surface area (Å²) >= 11 is 0. The van der Waals surface area contributed by atoms with Gasteiger partial charge in [0.2, 0.25) is 5.91 Å². The lowest BCUT2D eigenvalue weighted by Gasteiger charge is -2.39. The first-order valence-electron chi connectivity index (χ1n) is 5.51. The van der Waals surface area contributed by atoms with Crippen molar-refractivity contribution < 1.29 is 9.90 Å². The molecule has 1 rings (SSSR count). The van der Waals surface area contributed by atoms with E-state index in [0.717, 1.165) is 32.1 Å². The van der Waals surface area contributed by atoms with Gasteiger partial charge in [0.05, 0.1) is 0 Å². The van der Waals surface area contributed by atoms with Crippen molar-refractivity contribution in [1.82, 2.24) is 5.32 Å². The Balaban J connectivity index is 2.52. The standard InChI is InChI=1S/C11H21NO2/c1-3-11(12-9(2)14)6-4-10(8-13)5-7-11/h10,13H,3-8H2,1-2H3,(H,12,14). The molecular formula is C11H21NO2. The summed E-state index contributed by atoms with van der Waals surface area (Å²) in [5.74, 6) is 0.512. The summed E-state index contributed by atoms with van der Waals surface area (Å²) < 4.78 is 0. The van der Waals surface area contributed by atoms with E-state index in [-0.39, 0.29) is 11.4 Å². The molecule has 0 radical (unpaired) electrons. The van der Waals surface area contributed by atoms with E-state index >= 15 is 0 Å². The van der Waals surface area contributed by atoms with Gasteiger partial charge in [-0.2, -0.15) is 0 Å². The van der Waals surface area contributed by atoms with E-state index in [2.05, 4.69) is 12.2 Å². The molecule has 0 spiro atoms. The smallest absolute Gasteiger partial charge is 0.217 e. The number of aliphatic hydroxyl groups is 1. The molecule has 0 saturated heterocycles. The highest BCUT2D eigenvalue weighted by molar-refractivity contribution is 5.73. The van der Waals surface area contributed by atoms with Crippen LogP contribution in [0.1, 0.15) is 46.0 Å². The summed E-state index contributed by atoms with van der Waals surface area (Å²) in [6.07, 6.45) is 5.07. The summed E-state index contributed by atoms with van der Waals surface area (Å²) in [4.78, 5) is 11.1. The molecule has 3 heteroatoms. The number of hydrogen-bond donors (Lipinski definition) is 2. The molecule has 1 aliphatic carbocycles. The Kier molecular flexibility index (Phi) is 3.93. The van der Waals surface area contributed by atoms with Crippen molar-refractivity contribution in [2.45, 2.75) is 51.5 Å². The molecule has 0 aromatic rings. The van der Waals surface area contributed by atoms with Crippen molar-refractivity contribution in [1.29, 1.82) is 0 Å².